The van der Waals surface area contributed by atoms with Crippen molar-refractivity contribution in [2.75, 3.05) is 5.32 Å². The molecule has 3 aromatic carbocycles. The van der Waals surface area contributed by atoms with Gasteiger partial charge in [-0.1, -0.05) is 42.5 Å². The Morgan fingerprint density at radius 3 is 2.38 bits per heavy atom. The van der Waals surface area contributed by atoms with Gasteiger partial charge in [0.1, 0.15) is 11.3 Å². The number of thiocarbonyl (C=S) groups is 1. The monoisotopic (exact) mass is 473 g/mol. The van der Waals surface area contributed by atoms with Crippen molar-refractivity contribution in [3.05, 3.63) is 94.8 Å². The summed E-state index contributed by atoms with van der Waals surface area (Å²) in [4.78, 5) is 24.0. The molecule has 3 N–H and O–H groups in total. The Bertz CT molecular complexity index is 1390. The molecule has 7 nitrogen and oxygen atoms in total. The number of fused-ring (bicyclic) bond motifs is 1. The van der Waals surface area contributed by atoms with Gasteiger partial charge >= 0.3 is 5.63 Å². The van der Waals surface area contributed by atoms with Crippen molar-refractivity contribution in [3.8, 4) is 16.9 Å². The van der Waals surface area contributed by atoms with Gasteiger partial charge in [0.05, 0.1) is 0 Å². The van der Waals surface area contributed by atoms with Gasteiger partial charge in [-0.2, -0.15) is 0 Å². The molecule has 1 unspecified atom stereocenters. The lowest BCUT2D eigenvalue weighted by molar-refractivity contribution is -0.127. The Labute approximate surface area is 201 Å². The van der Waals surface area contributed by atoms with Gasteiger partial charge in [0.25, 0.3) is 5.91 Å². The van der Waals surface area contributed by atoms with E-state index in [1.807, 2.05) is 67.6 Å². The third kappa shape index (κ3) is 5.60. The van der Waals surface area contributed by atoms with Crippen LogP contribution in [-0.4, -0.2) is 17.1 Å². The molecule has 34 heavy (non-hydrogen) atoms. The van der Waals surface area contributed by atoms with E-state index in [2.05, 4.69) is 16.2 Å². The SMILES string of the molecule is Cc1cc(=O)oc2cc(NC(=S)NNC(=O)C(C)Oc3ccc(-c4ccccc4)cc3)ccc12. The van der Waals surface area contributed by atoms with E-state index < -0.39 is 17.6 Å². The molecular formula is C26H23N3O4S. The van der Waals surface area contributed by atoms with Crippen molar-refractivity contribution < 1.29 is 13.9 Å². The lowest BCUT2D eigenvalue weighted by Gasteiger charge is -2.17. The van der Waals surface area contributed by atoms with Crippen LogP contribution in [0.25, 0.3) is 22.1 Å². The minimum Gasteiger partial charge on any atom is -0.481 e. The second kappa shape index (κ2) is 10.2. The first-order valence-corrected chi connectivity index (χ1v) is 11.0. The molecule has 0 saturated heterocycles. The number of carbonyl (C=O) groups is 1. The smallest absolute Gasteiger partial charge is 0.336 e. The molecular weight excluding hydrogens is 450 g/mol. The van der Waals surface area contributed by atoms with E-state index in [9.17, 15) is 9.59 Å². The maximum Gasteiger partial charge on any atom is 0.336 e. The standard InChI is InChI=1S/C26H23N3O4S/c1-16-14-24(30)33-23-15-20(10-13-22(16)23)27-26(34)29-28-25(31)17(2)32-21-11-8-19(9-12-21)18-6-4-3-5-7-18/h3-15,17H,1-2H3,(H,28,31)(H2,27,29,34). The molecule has 0 radical (unpaired) electrons. The number of aryl methyl sites for hydroxylation is 1. The number of amides is 1. The number of ether oxygens (including phenoxy) is 1. The van der Waals surface area contributed by atoms with Crippen LogP contribution < -0.4 is 26.5 Å². The molecule has 0 aliphatic rings. The Morgan fingerprint density at radius 2 is 1.65 bits per heavy atom. The van der Waals surface area contributed by atoms with Crippen LogP contribution in [-0.2, 0) is 4.79 Å². The number of benzene rings is 3. The third-order valence-corrected chi connectivity index (χ3v) is 5.36. The van der Waals surface area contributed by atoms with Gasteiger partial charge in [-0.25, -0.2) is 4.79 Å². The molecule has 0 aliphatic carbocycles. The molecule has 1 heterocycles. The molecule has 1 atom stereocenters. The molecule has 0 aliphatic heterocycles. The Hall–Kier alpha value is -4.17. The molecule has 4 aromatic rings. The van der Waals surface area contributed by atoms with Gasteiger partial charge in [0.2, 0.25) is 0 Å². The van der Waals surface area contributed by atoms with Crippen molar-refractivity contribution >= 4 is 39.9 Å². The van der Waals surface area contributed by atoms with Crippen molar-refractivity contribution in [1.29, 1.82) is 0 Å². The number of hydrogen-bond acceptors (Lipinski definition) is 5. The van der Waals surface area contributed by atoms with Crippen LogP contribution in [0.3, 0.4) is 0 Å². The molecule has 0 saturated carbocycles. The normalized spacial score (nSPS) is 11.5. The molecule has 1 amide bonds. The highest BCUT2D eigenvalue weighted by atomic mass is 32.1. The molecule has 1 aromatic heterocycles. The first-order chi connectivity index (χ1) is 16.4. The lowest BCUT2D eigenvalue weighted by atomic mass is 10.1. The highest BCUT2D eigenvalue weighted by Crippen LogP contribution is 2.23. The lowest BCUT2D eigenvalue weighted by Crippen LogP contribution is -2.48. The van der Waals surface area contributed by atoms with Crippen LogP contribution in [0, 0.1) is 6.92 Å². The topological polar surface area (TPSA) is 92.6 Å². The predicted molar refractivity (Wildman–Crippen MR) is 137 cm³/mol. The van der Waals surface area contributed by atoms with Crippen LogP contribution in [0.5, 0.6) is 5.75 Å². The van der Waals surface area contributed by atoms with Crippen LogP contribution in [0.4, 0.5) is 5.69 Å². The van der Waals surface area contributed by atoms with Gasteiger partial charge < -0.3 is 14.5 Å². The fraction of sp³-hybridized carbons (Fsp3) is 0.115. The van der Waals surface area contributed by atoms with Crippen LogP contribution in [0.15, 0.2) is 88.1 Å². The minimum absolute atomic E-state index is 0.169. The maximum absolute atomic E-state index is 12.4. The van der Waals surface area contributed by atoms with Crippen LogP contribution >= 0.6 is 12.2 Å². The van der Waals surface area contributed by atoms with Crippen molar-refractivity contribution in [1.82, 2.24) is 10.9 Å². The Morgan fingerprint density at radius 1 is 0.941 bits per heavy atom. The fourth-order valence-corrected chi connectivity index (χ4v) is 3.57. The molecule has 8 heteroatoms. The predicted octanol–water partition coefficient (Wildman–Crippen LogP) is 4.55. The summed E-state index contributed by atoms with van der Waals surface area (Å²) < 4.78 is 11.0. The average Bonchev–Trinajstić information content (AvgIpc) is 2.83. The van der Waals surface area contributed by atoms with Gasteiger partial charge in [-0.05, 0) is 67.0 Å². The summed E-state index contributed by atoms with van der Waals surface area (Å²) in [6.45, 7) is 3.49. The Kier molecular flexibility index (Phi) is 6.89. The van der Waals surface area contributed by atoms with Crippen molar-refractivity contribution in [2.24, 2.45) is 0 Å². The second-order valence-electron chi connectivity index (χ2n) is 7.68. The van der Waals surface area contributed by atoms with E-state index in [1.165, 1.54) is 6.07 Å². The molecule has 4 rings (SSSR count). The van der Waals surface area contributed by atoms with Gasteiger partial charge in [0, 0.05) is 23.2 Å². The van der Waals surface area contributed by atoms with E-state index >= 15 is 0 Å². The third-order valence-electron chi connectivity index (χ3n) is 5.15. The zero-order valence-electron chi connectivity index (χ0n) is 18.6. The quantitative estimate of drug-likeness (QED) is 0.222. The Balaban J connectivity index is 1.29. The first-order valence-electron chi connectivity index (χ1n) is 10.6. The summed E-state index contributed by atoms with van der Waals surface area (Å²) >= 11 is 5.24. The molecule has 0 spiro atoms. The second-order valence-corrected chi connectivity index (χ2v) is 8.09. The van der Waals surface area contributed by atoms with E-state index in [0.717, 1.165) is 22.1 Å². The highest BCUT2D eigenvalue weighted by Gasteiger charge is 2.15. The van der Waals surface area contributed by atoms with Gasteiger partial charge in [0.15, 0.2) is 11.2 Å². The van der Waals surface area contributed by atoms with E-state index in [4.69, 9.17) is 21.4 Å². The number of anilines is 1. The number of rotatable bonds is 5. The largest absolute Gasteiger partial charge is 0.481 e. The molecule has 172 valence electrons. The zero-order valence-corrected chi connectivity index (χ0v) is 19.4. The van der Waals surface area contributed by atoms with Crippen molar-refractivity contribution in [3.63, 3.8) is 0 Å². The number of hydrogen-bond donors (Lipinski definition) is 3. The summed E-state index contributed by atoms with van der Waals surface area (Å²) in [5.74, 6) is 0.187. The summed E-state index contributed by atoms with van der Waals surface area (Å²) in [6, 6.07) is 24.3. The molecule has 0 bridgehead atoms. The first kappa shape index (κ1) is 23.0. The number of carbonyl (C=O) groups excluding carboxylic acids is 1. The summed E-state index contributed by atoms with van der Waals surface area (Å²) in [5.41, 5.74) is 8.80. The minimum atomic E-state index is -0.754. The van der Waals surface area contributed by atoms with Crippen LogP contribution in [0.1, 0.15) is 12.5 Å². The van der Waals surface area contributed by atoms with E-state index in [-0.39, 0.29) is 5.11 Å². The van der Waals surface area contributed by atoms with Gasteiger partial charge in [-0.15, -0.1) is 0 Å². The summed E-state index contributed by atoms with van der Waals surface area (Å²) in [5, 5.41) is 3.94. The zero-order chi connectivity index (χ0) is 24.1. The van der Waals surface area contributed by atoms with Crippen molar-refractivity contribution in [2.45, 2.75) is 20.0 Å². The summed E-state index contributed by atoms with van der Waals surface area (Å²) in [6.07, 6.45) is -0.754. The maximum atomic E-state index is 12.4. The van der Waals surface area contributed by atoms with Crippen LogP contribution in [0.2, 0.25) is 0 Å². The number of nitrogens with one attached hydrogen (secondary N) is 3. The van der Waals surface area contributed by atoms with E-state index in [1.54, 1.807) is 19.1 Å². The molecule has 0 fully saturated rings. The highest BCUT2D eigenvalue weighted by molar-refractivity contribution is 7.80. The number of hydrazine groups is 1. The fourth-order valence-electron chi connectivity index (χ4n) is 3.40. The summed E-state index contributed by atoms with van der Waals surface area (Å²) in [7, 11) is 0. The van der Waals surface area contributed by atoms with E-state index in [0.29, 0.717) is 17.0 Å². The average molecular weight is 474 g/mol. The van der Waals surface area contributed by atoms with Gasteiger partial charge in [-0.3, -0.25) is 15.6 Å².